The molecule has 184 valence electrons. The molecule has 0 fully saturated rings. The summed E-state index contributed by atoms with van der Waals surface area (Å²) in [5.74, 6) is 0. The molecule has 0 bridgehead atoms. The minimum absolute atomic E-state index is 0. The van der Waals surface area contributed by atoms with Gasteiger partial charge >= 0.3 is 51.4 Å². The van der Waals surface area contributed by atoms with E-state index in [2.05, 4.69) is 13.8 Å². The van der Waals surface area contributed by atoms with Crippen LogP contribution in [0.2, 0.25) is 0 Å². The molecule has 7 heteroatoms. The molecule has 0 aromatic heterocycles. The fraction of sp³-hybridized carbons (Fsp3) is 1.00. The molecular weight excluding hydrogens is 439 g/mol. The van der Waals surface area contributed by atoms with Crippen LogP contribution in [-0.2, 0) is 15.1 Å². The molecule has 0 aromatic rings. The van der Waals surface area contributed by atoms with Crippen LogP contribution in [0.5, 0.6) is 0 Å². The Morgan fingerprint density at radius 2 is 0.677 bits per heavy atom. The summed E-state index contributed by atoms with van der Waals surface area (Å²) in [6.07, 6.45) is 28.2. The predicted molar refractivity (Wildman–Crippen MR) is 125 cm³/mol. The van der Waals surface area contributed by atoms with Gasteiger partial charge in [-0.15, -0.1) is 0 Å². The van der Waals surface area contributed by atoms with Crippen molar-refractivity contribution in [2.24, 2.45) is 0 Å². The number of hydrogen-bond donors (Lipinski definition) is 0. The van der Waals surface area contributed by atoms with E-state index < -0.39 is 10.4 Å². The molecule has 0 aliphatic rings. The van der Waals surface area contributed by atoms with E-state index in [1.807, 2.05) is 0 Å². The Bertz CT molecular complexity index is 375. The quantitative estimate of drug-likeness (QED) is 0.0966. The van der Waals surface area contributed by atoms with Gasteiger partial charge in [0.05, 0.1) is 0 Å². The average molecular weight is 490 g/mol. The number of unbranched alkanes of at least 4 members (excludes halogenated alkanes) is 18. The minimum Gasteiger partial charge on any atom is -0.759 e. The van der Waals surface area contributed by atoms with Gasteiger partial charge in [0.15, 0.2) is 0 Å². The molecule has 0 saturated heterocycles. The number of hydrogen-bond acceptors (Lipinski definition) is 5. The van der Waals surface area contributed by atoms with Crippen LogP contribution < -0.4 is 51.4 Å². The van der Waals surface area contributed by atoms with Gasteiger partial charge in [0.2, 0.25) is 0 Å². The molecule has 0 saturated carbocycles. The van der Waals surface area contributed by atoms with E-state index in [-0.39, 0.29) is 51.4 Å². The van der Waals surface area contributed by atoms with Crippen LogP contribution in [0.25, 0.3) is 0 Å². The third-order valence-electron chi connectivity index (χ3n) is 5.28. The standard InChI is InChI=1S/C24H50O.K.H2O4S/c1-3-5-7-9-11-13-15-17-19-21-23-25-24-22-20-18-16-14-12-10-8-6-4-2;;1-5(2,3)4/h3-24H2,1-2H3;;(H2,1,2,3,4)/q;+1;/p-2. The first-order valence-electron chi connectivity index (χ1n) is 12.7. The van der Waals surface area contributed by atoms with Gasteiger partial charge in [0.1, 0.15) is 0 Å². The Balaban J connectivity index is -0.00000116. The van der Waals surface area contributed by atoms with Crippen molar-refractivity contribution >= 4 is 10.4 Å². The van der Waals surface area contributed by atoms with Crippen LogP contribution in [0.15, 0.2) is 0 Å². The third-order valence-corrected chi connectivity index (χ3v) is 5.28. The molecule has 0 atom stereocenters. The summed E-state index contributed by atoms with van der Waals surface area (Å²) in [5, 5.41) is 0. The van der Waals surface area contributed by atoms with E-state index in [0.29, 0.717) is 0 Å². The van der Waals surface area contributed by atoms with Crippen molar-refractivity contribution in [3.05, 3.63) is 0 Å². The first-order chi connectivity index (χ1) is 14.4. The van der Waals surface area contributed by atoms with Crippen LogP contribution in [0.4, 0.5) is 0 Å². The van der Waals surface area contributed by atoms with E-state index in [9.17, 15) is 0 Å². The second-order valence-electron chi connectivity index (χ2n) is 8.38. The molecule has 0 aliphatic heterocycles. The van der Waals surface area contributed by atoms with Gasteiger partial charge in [-0.2, -0.15) is 0 Å². The van der Waals surface area contributed by atoms with Gasteiger partial charge < -0.3 is 13.8 Å². The number of ether oxygens (including phenoxy) is 1. The van der Waals surface area contributed by atoms with Crippen LogP contribution >= 0.6 is 0 Å². The van der Waals surface area contributed by atoms with E-state index >= 15 is 0 Å². The first kappa shape index (κ1) is 37.0. The maximum absolute atomic E-state index is 8.52. The Kier molecular flexibility index (Phi) is 37.6. The molecule has 0 unspecified atom stereocenters. The first-order valence-corrected chi connectivity index (χ1v) is 14.0. The topological polar surface area (TPSA) is 89.5 Å². The van der Waals surface area contributed by atoms with Crippen molar-refractivity contribution in [3.8, 4) is 0 Å². The second-order valence-corrected chi connectivity index (χ2v) is 9.20. The zero-order valence-corrected chi connectivity index (χ0v) is 24.9. The molecule has 0 radical (unpaired) electrons. The zero-order chi connectivity index (χ0) is 22.8. The monoisotopic (exact) mass is 489 g/mol. The van der Waals surface area contributed by atoms with Crippen LogP contribution in [-0.4, -0.2) is 30.7 Å². The van der Waals surface area contributed by atoms with Gasteiger partial charge in [-0.05, 0) is 12.8 Å². The summed E-state index contributed by atoms with van der Waals surface area (Å²) in [5.41, 5.74) is 0. The van der Waals surface area contributed by atoms with Gasteiger partial charge in [0.25, 0.3) is 0 Å². The number of rotatable bonds is 22. The Hall–Kier alpha value is 1.47. The molecule has 0 aliphatic carbocycles. The van der Waals surface area contributed by atoms with Gasteiger partial charge in [-0.1, -0.05) is 129 Å². The fourth-order valence-electron chi connectivity index (χ4n) is 3.49. The molecular formula is C24H50KO5S-. The van der Waals surface area contributed by atoms with Crippen molar-refractivity contribution in [1.29, 1.82) is 0 Å². The molecule has 0 amide bonds. The fourth-order valence-corrected chi connectivity index (χ4v) is 3.49. The van der Waals surface area contributed by atoms with Crippen LogP contribution in [0.1, 0.15) is 142 Å². The van der Waals surface area contributed by atoms with E-state index in [1.54, 1.807) is 0 Å². The summed E-state index contributed by atoms with van der Waals surface area (Å²) < 4.78 is 39.9. The molecule has 0 heterocycles. The van der Waals surface area contributed by atoms with Crippen molar-refractivity contribution in [1.82, 2.24) is 0 Å². The average Bonchev–Trinajstić information content (AvgIpc) is 2.68. The molecule has 0 aromatic carbocycles. The molecule has 0 N–H and O–H groups in total. The van der Waals surface area contributed by atoms with Gasteiger partial charge in [0, 0.05) is 23.6 Å². The molecule has 0 spiro atoms. The Morgan fingerprint density at radius 1 is 0.484 bits per heavy atom. The zero-order valence-electron chi connectivity index (χ0n) is 21.0. The molecule has 5 nitrogen and oxygen atoms in total. The van der Waals surface area contributed by atoms with Gasteiger partial charge in [-0.25, -0.2) is 0 Å². The molecule has 0 rings (SSSR count). The Labute approximate surface area is 237 Å². The van der Waals surface area contributed by atoms with E-state index in [1.165, 1.54) is 128 Å². The normalized spacial score (nSPS) is 11.0. The van der Waals surface area contributed by atoms with Gasteiger partial charge in [-0.3, -0.25) is 8.42 Å². The van der Waals surface area contributed by atoms with Crippen molar-refractivity contribution in [2.45, 2.75) is 142 Å². The summed E-state index contributed by atoms with van der Waals surface area (Å²) >= 11 is 0. The minimum atomic E-state index is -5.17. The summed E-state index contributed by atoms with van der Waals surface area (Å²) in [4.78, 5) is 0. The van der Waals surface area contributed by atoms with Crippen LogP contribution in [0, 0.1) is 0 Å². The SMILES string of the molecule is CCCCCCCCCCCCOCCCCCCCCCCCC.O=S(=O)([O-])[O-].[K+]. The molecule has 31 heavy (non-hydrogen) atoms. The maximum atomic E-state index is 8.52. The maximum Gasteiger partial charge on any atom is 1.00 e. The second kappa shape index (κ2) is 31.5. The largest absolute Gasteiger partial charge is 1.00 e. The predicted octanol–water partition coefficient (Wildman–Crippen LogP) is 4.51. The van der Waals surface area contributed by atoms with E-state index in [0.717, 1.165) is 13.2 Å². The van der Waals surface area contributed by atoms with E-state index in [4.69, 9.17) is 22.3 Å². The third kappa shape index (κ3) is 49.6. The smallest absolute Gasteiger partial charge is 0.759 e. The Morgan fingerprint density at radius 3 is 0.903 bits per heavy atom. The summed E-state index contributed by atoms with van der Waals surface area (Å²) in [7, 11) is -5.17. The van der Waals surface area contributed by atoms with Crippen molar-refractivity contribution in [2.75, 3.05) is 13.2 Å². The van der Waals surface area contributed by atoms with Crippen molar-refractivity contribution < 1.29 is 73.6 Å². The summed E-state index contributed by atoms with van der Waals surface area (Å²) in [6.45, 7) is 6.57. The van der Waals surface area contributed by atoms with Crippen molar-refractivity contribution in [3.63, 3.8) is 0 Å². The summed E-state index contributed by atoms with van der Waals surface area (Å²) in [6, 6.07) is 0. The van der Waals surface area contributed by atoms with Crippen LogP contribution in [0.3, 0.4) is 0 Å².